The Labute approximate surface area is 136 Å². The highest BCUT2D eigenvalue weighted by molar-refractivity contribution is 5.77. The first-order valence-corrected chi connectivity index (χ1v) is 7.88. The molecule has 6 heteroatoms. The minimum atomic E-state index is -0.254. The highest BCUT2D eigenvalue weighted by atomic mass is 16.2. The van der Waals surface area contributed by atoms with Crippen molar-refractivity contribution in [3.05, 3.63) is 35.4 Å². The molecule has 1 aromatic rings. The molecule has 1 aromatic carbocycles. The van der Waals surface area contributed by atoms with Crippen LogP contribution in [0, 0.1) is 11.3 Å². The maximum atomic E-state index is 12.1. The summed E-state index contributed by atoms with van der Waals surface area (Å²) >= 11 is 0. The summed E-state index contributed by atoms with van der Waals surface area (Å²) in [5.41, 5.74) is 1.45. The minimum Gasteiger partial charge on any atom is -0.341 e. The van der Waals surface area contributed by atoms with E-state index < -0.39 is 0 Å². The maximum Gasteiger partial charge on any atom is 0.315 e. The van der Waals surface area contributed by atoms with Crippen molar-refractivity contribution >= 4 is 11.9 Å². The van der Waals surface area contributed by atoms with Crippen LogP contribution in [0.1, 0.15) is 43.9 Å². The largest absolute Gasteiger partial charge is 0.341 e. The Morgan fingerprint density at radius 1 is 1.48 bits per heavy atom. The molecule has 0 radical (unpaired) electrons. The van der Waals surface area contributed by atoms with Gasteiger partial charge in [-0.1, -0.05) is 19.1 Å². The Morgan fingerprint density at radius 3 is 2.96 bits per heavy atom. The minimum absolute atomic E-state index is 0.0110. The molecule has 0 spiro atoms. The number of rotatable bonds is 4. The van der Waals surface area contributed by atoms with Gasteiger partial charge < -0.3 is 15.5 Å². The zero-order chi connectivity index (χ0) is 16.8. The van der Waals surface area contributed by atoms with Gasteiger partial charge in [0.2, 0.25) is 5.91 Å². The molecule has 1 saturated heterocycles. The van der Waals surface area contributed by atoms with E-state index in [9.17, 15) is 9.59 Å². The van der Waals surface area contributed by atoms with Crippen LogP contribution in [0.25, 0.3) is 0 Å². The van der Waals surface area contributed by atoms with Crippen molar-refractivity contribution in [3.8, 4) is 6.07 Å². The van der Waals surface area contributed by atoms with E-state index in [2.05, 4.69) is 16.7 Å². The Kier molecular flexibility index (Phi) is 5.58. The monoisotopic (exact) mass is 314 g/mol. The van der Waals surface area contributed by atoms with Crippen LogP contribution in [0.3, 0.4) is 0 Å². The lowest BCUT2D eigenvalue weighted by atomic mass is 10.1. The summed E-state index contributed by atoms with van der Waals surface area (Å²) in [7, 11) is 0. The fourth-order valence-electron chi connectivity index (χ4n) is 2.71. The Morgan fingerprint density at radius 2 is 2.26 bits per heavy atom. The van der Waals surface area contributed by atoms with Gasteiger partial charge in [0.25, 0.3) is 0 Å². The highest BCUT2D eigenvalue weighted by Gasteiger charge is 2.26. The summed E-state index contributed by atoms with van der Waals surface area (Å²) in [6, 6.07) is 8.80. The number of hydrogen-bond donors (Lipinski definition) is 2. The number of nitriles is 1. The summed E-state index contributed by atoms with van der Waals surface area (Å²) < 4.78 is 0. The van der Waals surface area contributed by atoms with Crippen LogP contribution < -0.4 is 10.6 Å². The van der Waals surface area contributed by atoms with Crippen LogP contribution in [0.5, 0.6) is 0 Å². The van der Waals surface area contributed by atoms with Crippen LogP contribution >= 0.6 is 0 Å². The number of hydrogen-bond acceptors (Lipinski definition) is 3. The molecule has 6 nitrogen and oxygen atoms in total. The molecule has 1 aliphatic heterocycles. The van der Waals surface area contributed by atoms with E-state index in [1.165, 1.54) is 0 Å². The van der Waals surface area contributed by atoms with Crippen molar-refractivity contribution in [2.24, 2.45) is 0 Å². The summed E-state index contributed by atoms with van der Waals surface area (Å²) in [4.78, 5) is 25.5. The van der Waals surface area contributed by atoms with E-state index >= 15 is 0 Å². The zero-order valence-corrected chi connectivity index (χ0v) is 13.5. The van der Waals surface area contributed by atoms with Crippen molar-refractivity contribution in [1.29, 1.82) is 5.26 Å². The number of urea groups is 1. The molecule has 0 aliphatic carbocycles. The third-order valence-electron chi connectivity index (χ3n) is 4.04. The summed E-state index contributed by atoms with van der Waals surface area (Å²) in [6.45, 7) is 4.97. The first-order valence-electron chi connectivity index (χ1n) is 7.88. The summed E-state index contributed by atoms with van der Waals surface area (Å²) in [5.74, 6) is 0.122. The molecule has 23 heavy (non-hydrogen) atoms. The lowest BCUT2D eigenvalue weighted by Crippen LogP contribution is -2.44. The number of carbonyl (C=O) groups is 2. The second-order valence-electron chi connectivity index (χ2n) is 5.76. The number of amides is 3. The van der Waals surface area contributed by atoms with E-state index in [4.69, 9.17) is 5.26 Å². The Bertz CT molecular complexity index is 623. The van der Waals surface area contributed by atoms with Crippen LogP contribution in [0.4, 0.5) is 4.79 Å². The van der Waals surface area contributed by atoms with E-state index in [-0.39, 0.29) is 24.0 Å². The maximum absolute atomic E-state index is 12.1. The van der Waals surface area contributed by atoms with Gasteiger partial charge >= 0.3 is 6.03 Å². The summed E-state index contributed by atoms with van der Waals surface area (Å²) in [6.07, 6.45) is 1.27. The lowest BCUT2D eigenvalue weighted by molar-refractivity contribution is -0.129. The molecule has 3 amide bonds. The quantitative estimate of drug-likeness (QED) is 0.890. The fraction of sp³-hybridized carbons (Fsp3) is 0.471. The van der Waals surface area contributed by atoms with Crippen LogP contribution in [-0.2, 0) is 4.79 Å². The van der Waals surface area contributed by atoms with Crippen molar-refractivity contribution < 1.29 is 9.59 Å². The van der Waals surface area contributed by atoms with E-state index in [1.807, 2.05) is 19.9 Å². The SMILES string of the molecule is CCC(=O)N1CC[C@@H](NC(=O)N[C@@H](C)c2cccc(C#N)c2)C1. The molecule has 1 aliphatic rings. The van der Waals surface area contributed by atoms with Gasteiger partial charge in [0.15, 0.2) is 0 Å². The average molecular weight is 314 g/mol. The predicted molar refractivity (Wildman–Crippen MR) is 86.5 cm³/mol. The smallest absolute Gasteiger partial charge is 0.315 e. The number of nitrogens with zero attached hydrogens (tertiary/aromatic N) is 2. The third kappa shape index (κ3) is 4.46. The van der Waals surface area contributed by atoms with E-state index in [1.54, 1.807) is 23.1 Å². The van der Waals surface area contributed by atoms with Crippen LogP contribution in [-0.4, -0.2) is 36.0 Å². The molecule has 122 valence electrons. The van der Waals surface area contributed by atoms with Crippen LogP contribution in [0.2, 0.25) is 0 Å². The third-order valence-corrected chi connectivity index (χ3v) is 4.04. The predicted octanol–water partition coefficient (Wildman–Crippen LogP) is 1.93. The standard InChI is InChI=1S/C17H22N4O2/c1-3-16(22)21-8-7-15(11-21)20-17(23)19-12(2)14-6-4-5-13(9-14)10-18/h4-6,9,12,15H,3,7-8,11H2,1-2H3,(H2,19,20,23)/t12-,15+/m0/s1. The Hall–Kier alpha value is -2.55. The van der Waals surface area contributed by atoms with Gasteiger partial charge in [0.1, 0.15) is 0 Å². The summed E-state index contributed by atoms with van der Waals surface area (Å²) in [5, 5.41) is 14.7. The van der Waals surface area contributed by atoms with Crippen molar-refractivity contribution in [2.45, 2.75) is 38.8 Å². The molecule has 2 atom stereocenters. The molecular formula is C17H22N4O2. The van der Waals surface area contributed by atoms with E-state index in [0.29, 0.717) is 25.1 Å². The van der Waals surface area contributed by atoms with Gasteiger partial charge in [-0.05, 0) is 31.0 Å². The van der Waals surface area contributed by atoms with Crippen molar-refractivity contribution in [3.63, 3.8) is 0 Å². The normalized spacial score (nSPS) is 18.1. The zero-order valence-electron chi connectivity index (χ0n) is 13.5. The molecular weight excluding hydrogens is 292 g/mol. The highest BCUT2D eigenvalue weighted by Crippen LogP contribution is 2.14. The number of likely N-dealkylation sites (tertiary alicyclic amines) is 1. The van der Waals surface area contributed by atoms with Gasteiger partial charge in [0.05, 0.1) is 17.7 Å². The number of nitrogens with one attached hydrogen (secondary N) is 2. The molecule has 1 fully saturated rings. The molecule has 0 saturated carbocycles. The van der Waals surface area contributed by atoms with Gasteiger partial charge in [-0.25, -0.2) is 4.79 Å². The molecule has 0 aromatic heterocycles. The first-order chi connectivity index (χ1) is 11.0. The number of benzene rings is 1. The van der Waals surface area contributed by atoms with Crippen LogP contribution in [0.15, 0.2) is 24.3 Å². The second kappa shape index (κ2) is 7.63. The fourth-order valence-corrected chi connectivity index (χ4v) is 2.71. The van der Waals surface area contributed by atoms with Gasteiger partial charge in [-0.2, -0.15) is 5.26 Å². The van der Waals surface area contributed by atoms with Crippen molar-refractivity contribution in [2.75, 3.05) is 13.1 Å². The topological polar surface area (TPSA) is 85.2 Å². The van der Waals surface area contributed by atoms with Gasteiger partial charge in [-0.3, -0.25) is 4.79 Å². The van der Waals surface area contributed by atoms with Crippen molar-refractivity contribution in [1.82, 2.24) is 15.5 Å². The molecule has 2 rings (SSSR count). The second-order valence-corrected chi connectivity index (χ2v) is 5.76. The van der Waals surface area contributed by atoms with Gasteiger partial charge in [-0.15, -0.1) is 0 Å². The molecule has 0 unspecified atom stereocenters. The molecule has 1 heterocycles. The Balaban J connectivity index is 1.85. The van der Waals surface area contributed by atoms with E-state index in [0.717, 1.165) is 12.0 Å². The van der Waals surface area contributed by atoms with Gasteiger partial charge in [0, 0.05) is 25.6 Å². The first kappa shape index (κ1) is 16.8. The molecule has 2 N–H and O–H groups in total. The average Bonchev–Trinajstić information content (AvgIpc) is 3.02. The lowest BCUT2D eigenvalue weighted by Gasteiger charge is -2.19. The molecule has 0 bridgehead atoms. The number of carbonyl (C=O) groups excluding carboxylic acids is 2.